The van der Waals surface area contributed by atoms with E-state index in [1.165, 1.54) is 41.2 Å². The van der Waals surface area contributed by atoms with E-state index in [-0.39, 0.29) is 23.5 Å². The van der Waals surface area contributed by atoms with Crippen molar-refractivity contribution in [1.82, 2.24) is 9.55 Å². The van der Waals surface area contributed by atoms with Gasteiger partial charge in [0.25, 0.3) is 5.56 Å². The highest BCUT2D eigenvalue weighted by Gasteiger charge is 2.33. The van der Waals surface area contributed by atoms with Crippen molar-refractivity contribution >= 4 is 44.9 Å². The number of hydrogen-bond acceptors (Lipinski definition) is 7. The second-order valence-corrected chi connectivity index (χ2v) is 9.66. The molecule has 0 aliphatic carbocycles. The lowest BCUT2D eigenvalue weighted by molar-refractivity contribution is -0.137. The number of alkyl halides is 3. The molecule has 0 spiro atoms. The minimum Gasteiger partial charge on any atom is -0.493 e. The van der Waals surface area contributed by atoms with Crippen LogP contribution in [-0.4, -0.2) is 35.4 Å². The van der Waals surface area contributed by atoms with Gasteiger partial charge in [0, 0.05) is 6.54 Å². The first kappa shape index (κ1) is 26.6. The number of rotatable bonds is 9. The molecule has 0 saturated heterocycles. The van der Waals surface area contributed by atoms with Gasteiger partial charge in [0.2, 0.25) is 5.91 Å². The van der Waals surface area contributed by atoms with Gasteiger partial charge in [-0.05, 0) is 47.7 Å². The number of nitrogens with one attached hydrogen (secondary N) is 1. The monoisotopic (exact) mass is 549 g/mol. The number of aromatic nitrogens is 2. The lowest BCUT2D eigenvalue weighted by Gasteiger charge is -2.15. The standard InChI is InChI=1S/C25H22F3N3O4S2/c1-34-19-8-7-15(13-20(19)35-2)9-11-31-23(33)22-18(10-12-36-22)30-24(31)37-14-21(32)29-17-6-4-3-5-16(17)25(26,27)28/h3-8,10,12-13H,9,11,14H2,1-2H3,(H,29,32). The number of nitrogens with zero attached hydrogens (tertiary/aromatic N) is 2. The Morgan fingerprint density at radius 2 is 1.86 bits per heavy atom. The minimum atomic E-state index is -4.60. The Balaban J connectivity index is 1.54. The van der Waals surface area contributed by atoms with Crippen LogP contribution in [0.5, 0.6) is 11.5 Å². The molecule has 7 nitrogen and oxygen atoms in total. The highest BCUT2D eigenvalue weighted by Crippen LogP contribution is 2.34. The molecule has 0 aliphatic heterocycles. The van der Waals surface area contributed by atoms with Gasteiger partial charge >= 0.3 is 6.18 Å². The maximum atomic E-state index is 13.3. The van der Waals surface area contributed by atoms with Gasteiger partial charge in [-0.1, -0.05) is 30.0 Å². The van der Waals surface area contributed by atoms with Crippen LogP contribution in [0.2, 0.25) is 0 Å². The molecule has 37 heavy (non-hydrogen) atoms. The number of thioether (sulfide) groups is 1. The Morgan fingerprint density at radius 1 is 1.11 bits per heavy atom. The molecule has 0 aliphatic rings. The molecule has 194 valence electrons. The fourth-order valence-corrected chi connectivity index (χ4v) is 5.27. The normalized spacial score (nSPS) is 11.5. The number of hydrogen-bond donors (Lipinski definition) is 1. The van der Waals surface area contributed by atoms with Crippen molar-refractivity contribution in [3.63, 3.8) is 0 Å². The molecule has 2 heterocycles. The van der Waals surface area contributed by atoms with E-state index in [0.717, 1.165) is 23.4 Å². The Bertz CT molecular complexity index is 1480. The molecule has 12 heteroatoms. The molecule has 0 radical (unpaired) electrons. The number of ether oxygens (including phenoxy) is 2. The van der Waals surface area contributed by atoms with Gasteiger partial charge in [-0.15, -0.1) is 11.3 Å². The second-order valence-electron chi connectivity index (χ2n) is 7.81. The van der Waals surface area contributed by atoms with Gasteiger partial charge in [-0.3, -0.25) is 14.2 Å². The largest absolute Gasteiger partial charge is 0.493 e. The minimum absolute atomic E-state index is 0.232. The van der Waals surface area contributed by atoms with Crippen LogP contribution in [0.25, 0.3) is 10.2 Å². The Kier molecular flexibility index (Phi) is 8.08. The summed E-state index contributed by atoms with van der Waals surface area (Å²) >= 11 is 2.26. The van der Waals surface area contributed by atoms with Crippen molar-refractivity contribution in [3.8, 4) is 11.5 Å². The van der Waals surface area contributed by atoms with E-state index in [1.807, 2.05) is 12.1 Å². The molecule has 0 unspecified atom stereocenters. The predicted molar refractivity (Wildman–Crippen MR) is 138 cm³/mol. The number of anilines is 1. The Labute approximate surface area is 218 Å². The number of fused-ring (bicyclic) bond motifs is 1. The summed E-state index contributed by atoms with van der Waals surface area (Å²) in [5, 5.41) is 4.37. The lowest BCUT2D eigenvalue weighted by atomic mass is 10.1. The van der Waals surface area contributed by atoms with Crippen molar-refractivity contribution in [2.75, 3.05) is 25.3 Å². The van der Waals surface area contributed by atoms with Gasteiger partial charge in [0.1, 0.15) is 4.70 Å². The molecular weight excluding hydrogens is 527 g/mol. The molecule has 2 aromatic heterocycles. The zero-order chi connectivity index (χ0) is 26.6. The summed E-state index contributed by atoms with van der Waals surface area (Å²) in [5.74, 6) is 0.266. The zero-order valence-electron chi connectivity index (χ0n) is 19.8. The smallest absolute Gasteiger partial charge is 0.418 e. The molecule has 0 saturated carbocycles. The van der Waals surface area contributed by atoms with Crippen molar-refractivity contribution in [3.05, 3.63) is 75.4 Å². The molecule has 1 N–H and O–H groups in total. The first-order valence-corrected chi connectivity index (χ1v) is 12.9. The summed E-state index contributed by atoms with van der Waals surface area (Å²) in [5.41, 5.74) is -0.104. The molecule has 0 atom stereocenters. The number of thiophene rings is 1. The second kappa shape index (κ2) is 11.3. The molecule has 1 amide bonds. The Hall–Kier alpha value is -3.51. The summed E-state index contributed by atoms with van der Waals surface area (Å²) in [6.45, 7) is 0.274. The molecule has 4 aromatic rings. The number of para-hydroxylation sites is 1. The van der Waals surface area contributed by atoms with E-state index >= 15 is 0 Å². The summed E-state index contributed by atoms with van der Waals surface area (Å²) in [6, 6.07) is 11.9. The quantitative estimate of drug-likeness (QED) is 0.220. The summed E-state index contributed by atoms with van der Waals surface area (Å²) in [6.07, 6.45) is -4.13. The lowest BCUT2D eigenvalue weighted by Crippen LogP contribution is -2.24. The third-order valence-corrected chi connectivity index (χ3v) is 7.31. The van der Waals surface area contributed by atoms with Crippen LogP contribution in [0.4, 0.5) is 18.9 Å². The topological polar surface area (TPSA) is 82.5 Å². The first-order chi connectivity index (χ1) is 17.7. The van der Waals surface area contributed by atoms with E-state index < -0.39 is 17.6 Å². The maximum Gasteiger partial charge on any atom is 0.418 e. The van der Waals surface area contributed by atoms with E-state index in [2.05, 4.69) is 10.3 Å². The number of halogens is 3. The molecule has 0 fully saturated rings. The zero-order valence-corrected chi connectivity index (χ0v) is 21.4. The van der Waals surface area contributed by atoms with Crippen molar-refractivity contribution in [1.29, 1.82) is 0 Å². The van der Waals surface area contributed by atoms with E-state index in [9.17, 15) is 22.8 Å². The van der Waals surface area contributed by atoms with E-state index in [0.29, 0.717) is 33.3 Å². The van der Waals surface area contributed by atoms with Crippen LogP contribution in [-0.2, 0) is 23.9 Å². The van der Waals surface area contributed by atoms with Gasteiger partial charge in [-0.2, -0.15) is 13.2 Å². The fourth-order valence-electron chi connectivity index (χ4n) is 3.66. The van der Waals surface area contributed by atoms with Crippen molar-refractivity contribution in [2.24, 2.45) is 0 Å². The Morgan fingerprint density at radius 3 is 2.59 bits per heavy atom. The number of amides is 1. The third kappa shape index (κ3) is 6.08. The number of benzene rings is 2. The first-order valence-electron chi connectivity index (χ1n) is 11.0. The third-order valence-electron chi connectivity index (χ3n) is 5.44. The summed E-state index contributed by atoms with van der Waals surface area (Å²) in [7, 11) is 3.08. The highest BCUT2D eigenvalue weighted by atomic mass is 32.2. The highest BCUT2D eigenvalue weighted by molar-refractivity contribution is 7.99. The van der Waals surface area contributed by atoms with Crippen LogP contribution in [0.1, 0.15) is 11.1 Å². The van der Waals surface area contributed by atoms with Crippen molar-refractivity contribution in [2.45, 2.75) is 24.3 Å². The molecule has 4 rings (SSSR count). The fraction of sp³-hybridized carbons (Fsp3) is 0.240. The van der Waals surface area contributed by atoms with Crippen LogP contribution in [0.15, 0.2) is 63.9 Å². The molecule has 2 aromatic carbocycles. The summed E-state index contributed by atoms with van der Waals surface area (Å²) in [4.78, 5) is 30.3. The number of carbonyl (C=O) groups is 1. The number of aryl methyl sites for hydroxylation is 1. The average molecular weight is 550 g/mol. The maximum absolute atomic E-state index is 13.3. The molecular formula is C25H22F3N3O4S2. The predicted octanol–water partition coefficient (Wildman–Crippen LogP) is 5.47. The van der Waals surface area contributed by atoms with Crippen LogP contribution in [0.3, 0.4) is 0 Å². The summed E-state index contributed by atoms with van der Waals surface area (Å²) < 4.78 is 52.4. The van der Waals surface area contributed by atoms with Crippen LogP contribution in [0, 0.1) is 0 Å². The van der Waals surface area contributed by atoms with E-state index in [4.69, 9.17) is 9.47 Å². The van der Waals surface area contributed by atoms with Crippen LogP contribution < -0.4 is 20.3 Å². The van der Waals surface area contributed by atoms with Gasteiger partial charge < -0.3 is 14.8 Å². The van der Waals surface area contributed by atoms with Gasteiger partial charge in [-0.25, -0.2) is 4.98 Å². The van der Waals surface area contributed by atoms with Crippen LogP contribution >= 0.6 is 23.1 Å². The van der Waals surface area contributed by atoms with E-state index in [1.54, 1.807) is 24.6 Å². The molecule has 0 bridgehead atoms. The van der Waals surface area contributed by atoms with Gasteiger partial charge in [0.15, 0.2) is 16.7 Å². The number of methoxy groups -OCH3 is 2. The average Bonchev–Trinajstić information content (AvgIpc) is 3.35. The van der Waals surface area contributed by atoms with Crippen molar-refractivity contribution < 1.29 is 27.4 Å². The number of carbonyl (C=O) groups excluding carboxylic acids is 1. The SMILES string of the molecule is COc1ccc(CCn2c(SCC(=O)Nc3ccccc3C(F)(F)F)nc3ccsc3c2=O)cc1OC. The van der Waals surface area contributed by atoms with Gasteiger partial charge in [0.05, 0.1) is 36.7 Å².